The van der Waals surface area contributed by atoms with Gasteiger partial charge in [0, 0.05) is 11.8 Å². The zero-order chi connectivity index (χ0) is 19.5. The molecule has 0 aromatic heterocycles. The maximum Gasteiger partial charge on any atom is 0.256 e. The van der Waals surface area contributed by atoms with Gasteiger partial charge in [0.2, 0.25) is 0 Å². The highest BCUT2D eigenvalue weighted by molar-refractivity contribution is 7.68. The molecule has 3 nitrogen and oxygen atoms in total. The maximum absolute atomic E-state index is 14.6. The van der Waals surface area contributed by atoms with Gasteiger partial charge in [-0.1, -0.05) is 72.8 Å². The predicted molar refractivity (Wildman–Crippen MR) is 115 cm³/mol. The molecule has 3 aromatic carbocycles. The van der Waals surface area contributed by atoms with E-state index in [1.54, 1.807) is 0 Å². The van der Waals surface area contributed by atoms with Gasteiger partial charge < -0.3 is 4.52 Å². The zero-order valence-electron chi connectivity index (χ0n) is 16.2. The van der Waals surface area contributed by atoms with Crippen LogP contribution < -0.4 is 10.6 Å². The van der Waals surface area contributed by atoms with E-state index in [0.717, 1.165) is 23.7 Å². The Morgan fingerprint density at radius 3 is 2.29 bits per heavy atom. The van der Waals surface area contributed by atoms with Crippen molar-refractivity contribution >= 4 is 12.7 Å². The molecule has 0 saturated heterocycles. The van der Waals surface area contributed by atoms with Gasteiger partial charge in [0.25, 0.3) is 7.37 Å². The summed E-state index contributed by atoms with van der Waals surface area (Å²) in [4.78, 5) is 0. The quantitative estimate of drug-likeness (QED) is 0.562. The van der Waals surface area contributed by atoms with Crippen LogP contribution in [0.15, 0.2) is 84.9 Å². The SMILES string of the molecule is CCOP(=O)(c1ccccc1)C1(NCc2ccccc2)CCc2ccccc21. The number of hydrogen-bond donors (Lipinski definition) is 1. The van der Waals surface area contributed by atoms with E-state index in [0.29, 0.717) is 13.2 Å². The average molecular weight is 391 g/mol. The molecule has 0 bridgehead atoms. The molecule has 3 aromatic rings. The monoisotopic (exact) mass is 391 g/mol. The Morgan fingerprint density at radius 1 is 0.929 bits per heavy atom. The van der Waals surface area contributed by atoms with Crippen LogP contribution in [0.5, 0.6) is 0 Å². The van der Waals surface area contributed by atoms with Gasteiger partial charge in [-0.3, -0.25) is 9.88 Å². The van der Waals surface area contributed by atoms with Crippen molar-refractivity contribution in [2.75, 3.05) is 6.61 Å². The molecule has 4 heteroatoms. The summed E-state index contributed by atoms with van der Waals surface area (Å²) in [5.41, 5.74) is 3.52. The van der Waals surface area contributed by atoms with Crippen LogP contribution in [0, 0.1) is 0 Å². The molecule has 0 spiro atoms. The van der Waals surface area contributed by atoms with Gasteiger partial charge in [0.15, 0.2) is 0 Å². The molecule has 0 fully saturated rings. The Kier molecular flexibility index (Phi) is 5.50. The second-order valence-corrected chi connectivity index (χ2v) is 9.80. The third-order valence-electron chi connectivity index (χ3n) is 5.56. The standard InChI is InChI=1S/C24H26NO2P/c1-2-27-28(26,22-14-7-4-8-15-22)24(25-19-20-11-5-3-6-12-20)18-17-21-13-9-10-16-23(21)24/h3-16,25H,2,17-19H2,1H3. The Balaban J connectivity index is 1.84. The molecule has 0 amide bonds. The van der Waals surface area contributed by atoms with Crippen molar-refractivity contribution in [1.29, 1.82) is 0 Å². The first-order valence-electron chi connectivity index (χ1n) is 9.87. The number of benzene rings is 3. The van der Waals surface area contributed by atoms with E-state index < -0.39 is 12.6 Å². The van der Waals surface area contributed by atoms with E-state index >= 15 is 0 Å². The van der Waals surface area contributed by atoms with E-state index in [-0.39, 0.29) is 0 Å². The molecule has 2 atom stereocenters. The van der Waals surface area contributed by atoms with Crippen LogP contribution in [0.1, 0.15) is 30.0 Å². The number of aryl methyl sites for hydroxylation is 1. The Hall–Kier alpha value is -2.19. The highest BCUT2D eigenvalue weighted by Crippen LogP contribution is 2.66. The van der Waals surface area contributed by atoms with Crippen molar-refractivity contribution in [1.82, 2.24) is 5.32 Å². The molecule has 1 N–H and O–H groups in total. The lowest BCUT2D eigenvalue weighted by Gasteiger charge is -2.39. The summed E-state index contributed by atoms with van der Waals surface area (Å²) >= 11 is 0. The third kappa shape index (κ3) is 3.24. The van der Waals surface area contributed by atoms with Gasteiger partial charge in [0.05, 0.1) is 6.61 Å². The molecule has 0 heterocycles. The van der Waals surface area contributed by atoms with E-state index in [1.165, 1.54) is 11.1 Å². The smallest absolute Gasteiger partial charge is 0.256 e. The number of nitrogens with one attached hydrogen (secondary N) is 1. The van der Waals surface area contributed by atoms with Crippen molar-refractivity contribution < 1.29 is 9.09 Å². The van der Waals surface area contributed by atoms with Gasteiger partial charge >= 0.3 is 0 Å². The fourth-order valence-electron chi connectivity index (χ4n) is 4.24. The topological polar surface area (TPSA) is 38.3 Å². The molecule has 0 radical (unpaired) electrons. The van der Waals surface area contributed by atoms with Crippen LogP contribution in [0.25, 0.3) is 0 Å². The molecule has 0 aliphatic heterocycles. The molecule has 1 aliphatic carbocycles. The Labute approximate surface area is 167 Å². The number of rotatable bonds is 7. The van der Waals surface area contributed by atoms with Crippen LogP contribution in [-0.4, -0.2) is 6.61 Å². The van der Waals surface area contributed by atoms with Crippen LogP contribution in [-0.2, 0) is 27.3 Å². The van der Waals surface area contributed by atoms with Gasteiger partial charge in [0.1, 0.15) is 5.28 Å². The first-order valence-corrected chi connectivity index (χ1v) is 11.5. The number of hydrogen-bond acceptors (Lipinski definition) is 3. The fraction of sp³-hybridized carbons (Fsp3) is 0.250. The summed E-state index contributed by atoms with van der Waals surface area (Å²) in [5, 5.41) is 3.75. The first kappa shape index (κ1) is 19.1. The van der Waals surface area contributed by atoms with Gasteiger partial charge in [-0.25, -0.2) is 0 Å². The molecule has 1 aliphatic rings. The van der Waals surface area contributed by atoms with Gasteiger partial charge in [-0.15, -0.1) is 0 Å². The second-order valence-electron chi connectivity index (χ2n) is 7.16. The third-order valence-corrected chi connectivity index (χ3v) is 8.78. The first-order chi connectivity index (χ1) is 13.7. The van der Waals surface area contributed by atoms with Crippen LogP contribution in [0.2, 0.25) is 0 Å². The lowest BCUT2D eigenvalue weighted by atomic mass is 10.1. The highest BCUT2D eigenvalue weighted by Gasteiger charge is 2.54. The van der Waals surface area contributed by atoms with E-state index in [9.17, 15) is 4.57 Å². The van der Waals surface area contributed by atoms with Crippen LogP contribution in [0.3, 0.4) is 0 Å². The summed E-state index contributed by atoms with van der Waals surface area (Å²) in [5.74, 6) is 0. The molecule has 0 saturated carbocycles. The Morgan fingerprint density at radius 2 is 1.57 bits per heavy atom. The second kappa shape index (κ2) is 8.05. The minimum Gasteiger partial charge on any atom is -0.324 e. The number of fused-ring (bicyclic) bond motifs is 1. The summed E-state index contributed by atoms with van der Waals surface area (Å²) < 4.78 is 20.8. The fourth-order valence-corrected chi connectivity index (χ4v) is 7.21. The summed E-state index contributed by atoms with van der Waals surface area (Å²) in [7, 11) is -3.23. The molecule has 4 rings (SSSR count). The lowest BCUT2D eigenvalue weighted by Crippen LogP contribution is -2.43. The van der Waals surface area contributed by atoms with Gasteiger partial charge in [-0.2, -0.15) is 0 Å². The maximum atomic E-state index is 14.6. The van der Waals surface area contributed by atoms with Gasteiger partial charge in [-0.05, 0) is 48.6 Å². The summed E-state index contributed by atoms with van der Waals surface area (Å²) in [6, 6.07) is 28.3. The minimum absolute atomic E-state index is 0.406. The normalized spacial score (nSPS) is 20.5. The molecule has 144 valence electrons. The Bertz CT molecular complexity index is 974. The van der Waals surface area contributed by atoms with Crippen molar-refractivity contribution in [3.63, 3.8) is 0 Å². The van der Waals surface area contributed by atoms with Crippen LogP contribution in [0.4, 0.5) is 0 Å². The summed E-state index contributed by atoms with van der Waals surface area (Å²) in [6.45, 7) is 2.96. The highest BCUT2D eigenvalue weighted by atomic mass is 31.2. The molecular weight excluding hydrogens is 365 g/mol. The lowest BCUT2D eigenvalue weighted by molar-refractivity contribution is 0.296. The molecule has 2 unspecified atom stereocenters. The predicted octanol–water partition coefficient (Wildman–Crippen LogP) is 5.22. The molecule has 28 heavy (non-hydrogen) atoms. The van der Waals surface area contributed by atoms with Crippen molar-refractivity contribution in [3.8, 4) is 0 Å². The zero-order valence-corrected chi connectivity index (χ0v) is 17.1. The van der Waals surface area contributed by atoms with Crippen molar-refractivity contribution in [2.24, 2.45) is 0 Å². The van der Waals surface area contributed by atoms with E-state index in [2.05, 4.69) is 35.6 Å². The van der Waals surface area contributed by atoms with Crippen molar-refractivity contribution in [3.05, 3.63) is 102 Å². The summed E-state index contributed by atoms with van der Waals surface area (Å²) in [6.07, 6.45) is 1.65. The van der Waals surface area contributed by atoms with Crippen molar-refractivity contribution in [2.45, 2.75) is 31.6 Å². The minimum atomic E-state index is -3.23. The van der Waals surface area contributed by atoms with Crippen LogP contribution >= 0.6 is 7.37 Å². The largest absolute Gasteiger partial charge is 0.324 e. The van der Waals surface area contributed by atoms with E-state index in [1.807, 2.05) is 61.5 Å². The average Bonchev–Trinajstić information content (AvgIpc) is 3.14. The molecular formula is C24H26NO2P. The van der Waals surface area contributed by atoms with E-state index in [4.69, 9.17) is 4.52 Å².